The number of ether oxygens (including phenoxy) is 1. The predicted octanol–water partition coefficient (Wildman–Crippen LogP) is 2.63. The fourth-order valence-corrected chi connectivity index (χ4v) is 1.84. The third-order valence-corrected chi connectivity index (χ3v) is 3.22. The highest BCUT2D eigenvalue weighted by atomic mass is 32.1. The van der Waals surface area contributed by atoms with Crippen molar-refractivity contribution >= 4 is 16.7 Å². The molecule has 1 atom stereocenters. The van der Waals surface area contributed by atoms with Gasteiger partial charge in [0.15, 0.2) is 5.82 Å². The molecule has 0 spiro atoms. The summed E-state index contributed by atoms with van der Waals surface area (Å²) in [5.74, 6) is 0.774. The maximum atomic E-state index is 5.44. The summed E-state index contributed by atoms with van der Waals surface area (Å²) < 4.78 is 9.77. The number of anilines is 1. The minimum absolute atomic E-state index is 0.358. The number of methoxy groups -OCH3 is 1. The molecule has 0 aliphatic rings. The monoisotopic (exact) mass is 229 g/mol. The highest BCUT2D eigenvalue weighted by Gasteiger charge is 2.28. The number of hydrogen-bond acceptors (Lipinski definition) is 5. The second kappa shape index (κ2) is 5.42. The first-order valence-corrected chi connectivity index (χ1v) is 6.06. The Morgan fingerprint density at radius 3 is 2.73 bits per heavy atom. The molecule has 0 aliphatic heterocycles. The quantitative estimate of drug-likeness (QED) is 0.814. The molecule has 0 radical (unpaired) electrons. The molecule has 1 aromatic heterocycles. The van der Waals surface area contributed by atoms with Gasteiger partial charge in [-0.1, -0.05) is 13.8 Å². The summed E-state index contributed by atoms with van der Waals surface area (Å²) in [6.07, 6.45) is 1.96. The molecule has 0 saturated carbocycles. The second-order valence-electron chi connectivity index (χ2n) is 3.64. The number of nitrogens with one attached hydrogen (secondary N) is 1. The van der Waals surface area contributed by atoms with Gasteiger partial charge in [-0.05, 0) is 19.8 Å². The zero-order chi connectivity index (χ0) is 11.3. The second-order valence-corrected chi connectivity index (χ2v) is 4.39. The van der Waals surface area contributed by atoms with Gasteiger partial charge >= 0.3 is 0 Å². The maximum absolute atomic E-state index is 5.44. The molecule has 0 amide bonds. The Bertz CT molecular complexity index is 297. The van der Waals surface area contributed by atoms with Crippen LogP contribution in [0.3, 0.4) is 0 Å². The molecule has 1 aromatic rings. The molecule has 0 bridgehead atoms. The topological polar surface area (TPSA) is 47.0 Å². The minimum Gasteiger partial charge on any atom is -0.370 e. The molecule has 1 rings (SSSR count). The van der Waals surface area contributed by atoms with Gasteiger partial charge < -0.3 is 10.1 Å². The van der Waals surface area contributed by atoms with Crippen LogP contribution in [0.5, 0.6) is 0 Å². The summed E-state index contributed by atoms with van der Waals surface area (Å²) in [7, 11) is 1.70. The molecule has 86 valence electrons. The predicted molar refractivity (Wildman–Crippen MR) is 63.3 cm³/mol. The average molecular weight is 229 g/mol. The van der Waals surface area contributed by atoms with Crippen LogP contribution < -0.4 is 5.32 Å². The lowest BCUT2D eigenvalue weighted by molar-refractivity contribution is -0.00791. The van der Waals surface area contributed by atoms with Crippen LogP contribution in [-0.2, 0) is 10.3 Å². The third kappa shape index (κ3) is 2.89. The van der Waals surface area contributed by atoms with Gasteiger partial charge in [-0.3, -0.25) is 0 Å². The van der Waals surface area contributed by atoms with Gasteiger partial charge in [0, 0.05) is 25.2 Å². The van der Waals surface area contributed by atoms with Gasteiger partial charge in [-0.15, -0.1) is 0 Å². The van der Waals surface area contributed by atoms with Gasteiger partial charge in [-0.2, -0.15) is 4.37 Å². The average Bonchev–Trinajstić information content (AvgIpc) is 2.74. The number of aromatic nitrogens is 2. The van der Waals surface area contributed by atoms with Crippen LogP contribution >= 0.6 is 11.5 Å². The lowest BCUT2D eigenvalue weighted by Crippen LogP contribution is -2.24. The normalized spacial score (nSPS) is 14.9. The van der Waals surface area contributed by atoms with Crippen LogP contribution in [0.1, 0.15) is 39.4 Å². The summed E-state index contributed by atoms with van der Waals surface area (Å²) in [6.45, 7) is 7.15. The first-order valence-electron chi connectivity index (χ1n) is 5.29. The van der Waals surface area contributed by atoms with Crippen molar-refractivity contribution in [3.05, 3.63) is 5.82 Å². The Morgan fingerprint density at radius 1 is 1.47 bits per heavy atom. The van der Waals surface area contributed by atoms with E-state index < -0.39 is 0 Å². The van der Waals surface area contributed by atoms with E-state index in [0.717, 1.165) is 30.3 Å². The van der Waals surface area contributed by atoms with E-state index in [2.05, 4.69) is 28.5 Å². The van der Waals surface area contributed by atoms with Crippen molar-refractivity contribution in [1.29, 1.82) is 0 Å². The zero-order valence-electron chi connectivity index (χ0n) is 9.83. The molecular formula is C10H19N3OS. The van der Waals surface area contributed by atoms with E-state index >= 15 is 0 Å². The Balaban J connectivity index is 2.74. The molecule has 0 aromatic carbocycles. The highest BCUT2D eigenvalue weighted by Crippen LogP contribution is 2.27. The van der Waals surface area contributed by atoms with E-state index in [0.29, 0.717) is 0 Å². The first kappa shape index (κ1) is 12.4. The molecule has 5 heteroatoms. The Labute approximate surface area is 95.2 Å². The molecule has 1 heterocycles. The summed E-state index contributed by atoms with van der Waals surface area (Å²) in [5.41, 5.74) is -0.358. The van der Waals surface area contributed by atoms with Crippen LogP contribution in [0.2, 0.25) is 0 Å². The van der Waals surface area contributed by atoms with Crippen molar-refractivity contribution in [3.8, 4) is 0 Å². The molecule has 1 N–H and O–H groups in total. The fraction of sp³-hybridized carbons (Fsp3) is 0.800. The van der Waals surface area contributed by atoms with Gasteiger partial charge in [0.1, 0.15) is 5.60 Å². The summed E-state index contributed by atoms with van der Waals surface area (Å²) >= 11 is 1.39. The van der Waals surface area contributed by atoms with E-state index in [4.69, 9.17) is 4.74 Å². The molecule has 4 nitrogen and oxygen atoms in total. The molecular weight excluding hydrogens is 210 g/mol. The third-order valence-electron chi connectivity index (χ3n) is 2.55. The van der Waals surface area contributed by atoms with Crippen LogP contribution in [0.4, 0.5) is 5.13 Å². The fourth-order valence-electron chi connectivity index (χ4n) is 1.14. The Kier molecular flexibility index (Phi) is 4.47. The van der Waals surface area contributed by atoms with Crippen molar-refractivity contribution in [2.75, 3.05) is 19.0 Å². The summed E-state index contributed by atoms with van der Waals surface area (Å²) in [5, 5.41) is 4.10. The molecule has 0 aliphatic carbocycles. The molecule has 15 heavy (non-hydrogen) atoms. The number of hydrogen-bond donors (Lipinski definition) is 1. The van der Waals surface area contributed by atoms with Crippen LogP contribution in [0, 0.1) is 0 Å². The SMILES string of the molecule is CCCNc1nc(C(C)(CC)OC)ns1. The maximum Gasteiger partial charge on any atom is 0.202 e. The van der Waals surface area contributed by atoms with Crippen molar-refractivity contribution in [3.63, 3.8) is 0 Å². The molecule has 0 fully saturated rings. The minimum atomic E-state index is -0.358. The van der Waals surface area contributed by atoms with Crippen LogP contribution in [0.15, 0.2) is 0 Å². The highest BCUT2D eigenvalue weighted by molar-refractivity contribution is 7.09. The number of nitrogens with zero attached hydrogens (tertiary/aromatic N) is 2. The van der Waals surface area contributed by atoms with Crippen molar-refractivity contribution < 1.29 is 4.74 Å². The Morgan fingerprint density at radius 2 is 2.20 bits per heavy atom. The molecule has 1 unspecified atom stereocenters. The first-order chi connectivity index (χ1) is 7.16. The largest absolute Gasteiger partial charge is 0.370 e. The van der Waals surface area contributed by atoms with Crippen molar-refractivity contribution in [2.45, 2.75) is 39.2 Å². The van der Waals surface area contributed by atoms with E-state index in [1.54, 1.807) is 7.11 Å². The van der Waals surface area contributed by atoms with E-state index in [-0.39, 0.29) is 5.60 Å². The van der Waals surface area contributed by atoms with Gasteiger partial charge in [0.2, 0.25) is 5.13 Å². The summed E-state index contributed by atoms with van der Waals surface area (Å²) in [6, 6.07) is 0. The summed E-state index contributed by atoms with van der Waals surface area (Å²) in [4.78, 5) is 4.43. The van der Waals surface area contributed by atoms with E-state index in [9.17, 15) is 0 Å². The zero-order valence-corrected chi connectivity index (χ0v) is 10.6. The Hall–Kier alpha value is -0.680. The number of rotatable bonds is 6. The van der Waals surface area contributed by atoms with Crippen molar-refractivity contribution in [2.24, 2.45) is 0 Å². The van der Waals surface area contributed by atoms with E-state index in [1.165, 1.54) is 11.5 Å². The smallest absolute Gasteiger partial charge is 0.202 e. The van der Waals surface area contributed by atoms with Crippen molar-refractivity contribution in [1.82, 2.24) is 9.36 Å². The standard InChI is InChI=1S/C10H19N3OS/c1-5-7-11-9-12-8(13-15-9)10(3,6-2)14-4/h5-7H2,1-4H3,(H,11,12,13). The van der Waals surface area contributed by atoms with Crippen LogP contribution in [0.25, 0.3) is 0 Å². The molecule has 0 saturated heterocycles. The van der Waals surface area contributed by atoms with E-state index in [1.807, 2.05) is 6.92 Å². The lowest BCUT2D eigenvalue weighted by atomic mass is 10.0. The van der Waals surface area contributed by atoms with Gasteiger partial charge in [-0.25, -0.2) is 4.98 Å². The van der Waals surface area contributed by atoms with Crippen LogP contribution in [-0.4, -0.2) is 23.0 Å². The van der Waals surface area contributed by atoms with Gasteiger partial charge in [0.05, 0.1) is 0 Å². The lowest BCUT2D eigenvalue weighted by Gasteiger charge is -2.22. The van der Waals surface area contributed by atoms with Gasteiger partial charge in [0.25, 0.3) is 0 Å².